The van der Waals surface area contributed by atoms with Crippen molar-refractivity contribution in [1.29, 1.82) is 0 Å². The zero-order valence-corrected chi connectivity index (χ0v) is 15.1. The summed E-state index contributed by atoms with van der Waals surface area (Å²) in [4.78, 5) is 10.4. The van der Waals surface area contributed by atoms with Crippen molar-refractivity contribution < 1.29 is 22.5 Å². The van der Waals surface area contributed by atoms with Crippen LogP contribution in [0.1, 0.15) is 5.56 Å². The summed E-state index contributed by atoms with van der Waals surface area (Å²) in [7, 11) is -3.58. The number of sulfonamides is 1. The number of benzene rings is 2. The van der Waals surface area contributed by atoms with Crippen LogP contribution in [-0.4, -0.2) is 43.9 Å². The van der Waals surface area contributed by atoms with E-state index < -0.39 is 26.5 Å². The highest BCUT2D eigenvalue weighted by Gasteiger charge is 2.26. The van der Waals surface area contributed by atoms with E-state index in [1.807, 2.05) is 0 Å². The maximum Gasteiger partial charge on any atom is 0.327 e. The first-order valence-electron chi connectivity index (χ1n) is 8.23. The Morgan fingerprint density at radius 1 is 1.15 bits per heavy atom. The number of nitro benzene ring substituents is 1. The van der Waals surface area contributed by atoms with Gasteiger partial charge in [0.15, 0.2) is 0 Å². The molecule has 1 aliphatic rings. The van der Waals surface area contributed by atoms with Crippen LogP contribution in [0.15, 0.2) is 47.4 Å². The molecule has 0 radical (unpaired) electrons. The fourth-order valence-electron chi connectivity index (χ4n) is 2.76. The van der Waals surface area contributed by atoms with Crippen molar-refractivity contribution in [3.63, 3.8) is 0 Å². The third-order valence-corrected chi connectivity index (χ3v) is 6.10. The lowest BCUT2D eigenvalue weighted by atomic mass is 10.2. The number of hydrogen-bond donors (Lipinski definition) is 1. The smallest absolute Gasteiger partial charge is 0.327 e. The Morgan fingerprint density at radius 3 is 2.44 bits per heavy atom. The van der Waals surface area contributed by atoms with Crippen molar-refractivity contribution in [2.75, 3.05) is 31.6 Å². The molecule has 0 aromatic heterocycles. The maximum atomic E-state index is 13.6. The molecule has 0 spiro atoms. The van der Waals surface area contributed by atoms with Gasteiger partial charge < -0.3 is 10.1 Å². The number of hydrogen-bond acceptors (Lipinski definition) is 6. The van der Waals surface area contributed by atoms with Gasteiger partial charge in [-0.2, -0.15) is 8.70 Å². The van der Waals surface area contributed by atoms with Gasteiger partial charge in [-0.25, -0.2) is 8.42 Å². The summed E-state index contributed by atoms with van der Waals surface area (Å²) in [6.45, 7) is 1.55. The Kier molecular flexibility index (Phi) is 5.68. The van der Waals surface area contributed by atoms with Crippen LogP contribution in [0.2, 0.25) is 0 Å². The van der Waals surface area contributed by atoms with E-state index in [0.29, 0.717) is 31.9 Å². The fraction of sp³-hybridized carbons (Fsp3) is 0.294. The van der Waals surface area contributed by atoms with Crippen LogP contribution in [0, 0.1) is 15.9 Å². The molecule has 2 aromatic carbocycles. The summed E-state index contributed by atoms with van der Waals surface area (Å²) in [5.74, 6) is -0.919. The average Bonchev–Trinajstić information content (AvgIpc) is 2.67. The van der Waals surface area contributed by atoms with Gasteiger partial charge in [0.05, 0.1) is 23.0 Å². The van der Waals surface area contributed by atoms with Gasteiger partial charge in [0.1, 0.15) is 5.69 Å². The molecule has 0 saturated carbocycles. The van der Waals surface area contributed by atoms with E-state index in [1.165, 1.54) is 28.6 Å². The monoisotopic (exact) mass is 395 g/mol. The number of para-hydroxylation sites is 1. The molecule has 10 heteroatoms. The molecule has 0 amide bonds. The highest BCUT2D eigenvalue weighted by Crippen LogP contribution is 2.27. The van der Waals surface area contributed by atoms with E-state index in [0.717, 1.165) is 6.07 Å². The van der Waals surface area contributed by atoms with Gasteiger partial charge in [0.2, 0.25) is 15.8 Å². The quantitative estimate of drug-likeness (QED) is 0.595. The van der Waals surface area contributed by atoms with Crippen molar-refractivity contribution in [2.24, 2.45) is 0 Å². The second-order valence-electron chi connectivity index (χ2n) is 5.91. The standard InChI is InChI=1S/C17H18FN3O5S/c18-15-2-1-3-16(17(15)21(22)23)19-12-13-4-6-14(7-5-13)27(24,25)20-8-10-26-11-9-20/h1-7,19H,8-12H2. The molecule has 27 heavy (non-hydrogen) atoms. The summed E-state index contributed by atoms with van der Waals surface area (Å²) < 4.78 is 45.3. The molecule has 144 valence electrons. The predicted molar refractivity (Wildman–Crippen MR) is 96.4 cm³/mol. The first kappa shape index (κ1) is 19.2. The molecule has 1 saturated heterocycles. The Morgan fingerprint density at radius 2 is 1.81 bits per heavy atom. The van der Waals surface area contributed by atoms with Crippen LogP contribution >= 0.6 is 0 Å². The van der Waals surface area contributed by atoms with Crippen LogP contribution in [0.25, 0.3) is 0 Å². The molecular formula is C17H18FN3O5S. The second-order valence-corrected chi connectivity index (χ2v) is 7.85. The molecule has 0 aliphatic carbocycles. The first-order valence-corrected chi connectivity index (χ1v) is 9.67. The molecule has 1 fully saturated rings. The molecule has 2 aromatic rings. The number of rotatable bonds is 6. The first-order chi connectivity index (χ1) is 12.9. The lowest BCUT2D eigenvalue weighted by Gasteiger charge is -2.26. The predicted octanol–water partition coefficient (Wildman–Crippen LogP) is 2.37. The molecule has 0 bridgehead atoms. The van der Waals surface area contributed by atoms with Crippen molar-refractivity contribution >= 4 is 21.4 Å². The van der Waals surface area contributed by atoms with Gasteiger partial charge in [-0.05, 0) is 29.8 Å². The second kappa shape index (κ2) is 7.99. The van der Waals surface area contributed by atoms with E-state index >= 15 is 0 Å². The Hall–Kier alpha value is -2.56. The maximum absolute atomic E-state index is 13.6. The van der Waals surface area contributed by atoms with Gasteiger partial charge in [0.25, 0.3) is 0 Å². The van der Waals surface area contributed by atoms with Crippen molar-refractivity contribution in [3.05, 3.63) is 64.0 Å². The van der Waals surface area contributed by atoms with Crippen molar-refractivity contribution in [3.8, 4) is 0 Å². The largest absolute Gasteiger partial charge is 0.379 e. The Bertz CT molecular complexity index is 928. The molecule has 0 atom stereocenters. The van der Waals surface area contributed by atoms with Crippen molar-refractivity contribution in [1.82, 2.24) is 4.31 Å². The number of nitrogens with one attached hydrogen (secondary N) is 1. The van der Waals surface area contributed by atoms with Gasteiger partial charge in [0, 0.05) is 19.6 Å². The molecule has 0 unspecified atom stereocenters. The highest BCUT2D eigenvalue weighted by atomic mass is 32.2. The summed E-state index contributed by atoms with van der Waals surface area (Å²) in [6.07, 6.45) is 0. The lowest BCUT2D eigenvalue weighted by molar-refractivity contribution is -0.386. The molecule has 8 nitrogen and oxygen atoms in total. The molecule has 1 aliphatic heterocycles. The van der Waals surface area contributed by atoms with Crippen LogP contribution < -0.4 is 5.32 Å². The molecule has 1 N–H and O–H groups in total. The summed E-state index contributed by atoms with van der Waals surface area (Å²) in [5.41, 5.74) is 0.142. The number of halogens is 1. The Labute approximate surface area is 155 Å². The summed E-state index contributed by atoms with van der Waals surface area (Å²) in [6, 6.07) is 10.0. The highest BCUT2D eigenvalue weighted by molar-refractivity contribution is 7.89. The number of morpholine rings is 1. The summed E-state index contributed by atoms with van der Waals surface area (Å²) >= 11 is 0. The van der Waals surface area contributed by atoms with E-state index in [-0.39, 0.29) is 17.1 Å². The Balaban J connectivity index is 1.72. The van der Waals surface area contributed by atoms with Gasteiger partial charge in [-0.3, -0.25) is 10.1 Å². The normalized spacial score (nSPS) is 15.4. The molecular weight excluding hydrogens is 377 g/mol. The minimum absolute atomic E-state index is 0.0602. The van der Waals surface area contributed by atoms with Crippen LogP contribution in [-0.2, 0) is 21.3 Å². The molecule has 1 heterocycles. The number of nitro groups is 1. The minimum atomic E-state index is -3.58. The zero-order chi connectivity index (χ0) is 19.4. The van der Waals surface area contributed by atoms with Gasteiger partial charge >= 0.3 is 5.69 Å². The van der Waals surface area contributed by atoms with Crippen molar-refractivity contribution in [2.45, 2.75) is 11.4 Å². The van der Waals surface area contributed by atoms with Crippen LogP contribution in [0.3, 0.4) is 0 Å². The molecule has 3 rings (SSSR count). The fourth-order valence-corrected chi connectivity index (χ4v) is 4.16. The number of nitrogens with zero attached hydrogens (tertiary/aromatic N) is 2. The third kappa shape index (κ3) is 4.24. The van der Waals surface area contributed by atoms with Crippen LogP contribution in [0.4, 0.5) is 15.8 Å². The van der Waals surface area contributed by atoms with Gasteiger partial charge in [-0.1, -0.05) is 18.2 Å². The third-order valence-electron chi connectivity index (χ3n) is 4.18. The number of anilines is 1. The zero-order valence-electron chi connectivity index (χ0n) is 14.3. The average molecular weight is 395 g/mol. The lowest BCUT2D eigenvalue weighted by Crippen LogP contribution is -2.40. The minimum Gasteiger partial charge on any atom is -0.379 e. The van der Waals surface area contributed by atoms with Gasteiger partial charge in [-0.15, -0.1) is 0 Å². The van der Waals surface area contributed by atoms with Crippen LogP contribution in [0.5, 0.6) is 0 Å². The SMILES string of the molecule is O=[N+]([O-])c1c(F)cccc1NCc1ccc(S(=O)(=O)N2CCOCC2)cc1. The van der Waals surface area contributed by atoms with E-state index in [1.54, 1.807) is 12.1 Å². The summed E-state index contributed by atoms with van der Waals surface area (Å²) in [5, 5.41) is 13.8. The van der Waals surface area contributed by atoms with E-state index in [2.05, 4.69) is 5.32 Å². The van der Waals surface area contributed by atoms with E-state index in [9.17, 15) is 22.9 Å². The number of ether oxygens (including phenoxy) is 1. The van der Waals surface area contributed by atoms with E-state index in [4.69, 9.17) is 4.74 Å². The topological polar surface area (TPSA) is 102 Å².